The normalized spacial score (nSPS) is 43.6. The van der Waals surface area contributed by atoms with Gasteiger partial charge in [-0.1, -0.05) is 0 Å². The van der Waals surface area contributed by atoms with Crippen molar-refractivity contribution in [1.82, 2.24) is 0 Å². The fraction of sp³-hybridized carbons (Fsp3) is 0.833. The molecular weight excluding hydrogens is 200 g/mol. The van der Waals surface area contributed by atoms with E-state index in [1.54, 1.807) is 0 Å². The number of aliphatic hydroxyl groups excluding tert-OH is 3. The van der Waals surface area contributed by atoms with Gasteiger partial charge in [-0.25, -0.2) is 14.9 Å². The third-order valence-corrected chi connectivity index (χ3v) is 1.92. The first-order chi connectivity index (χ1) is 6.49. The predicted octanol–water partition coefficient (Wildman–Crippen LogP) is -2.63. The number of hydrogen-bond donors (Lipinski definition) is 5. The highest BCUT2D eigenvalue weighted by molar-refractivity contribution is 5.73. The molecule has 1 rings (SSSR count). The highest BCUT2D eigenvalue weighted by Gasteiger charge is 2.47. The van der Waals surface area contributed by atoms with Crippen LogP contribution in [0.3, 0.4) is 0 Å². The van der Waals surface area contributed by atoms with E-state index in [4.69, 9.17) is 25.7 Å². The van der Waals surface area contributed by atoms with E-state index in [2.05, 4.69) is 9.62 Å². The van der Waals surface area contributed by atoms with Crippen molar-refractivity contribution in [3.05, 3.63) is 0 Å². The summed E-state index contributed by atoms with van der Waals surface area (Å²) in [6.45, 7) is 0. The fourth-order valence-electron chi connectivity index (χ4n) is 1.14. The van der Waals surface area contributed by atoms with E-state index in [0.717, 1.165) is 0 Å². The maximum absolute atomic E-state index is 10.5. The Morgan fingerprint density at radius 3 is 2.14 bits per heavy atom. The quantitative estimate of drug-likeness (QED) is 0.246. The first kappa shape index (κ1) is 11.3. The van der Waals surface area contributed by atoms with Crippen molar-refractivity contribution >= 4 is 5.97 Å². The minimum atomic E-state index is -1.78. The van der Waals surface area contributed by atoms with Crippen molar-refractivity contribution in [3.63, 3.8) is 0 Å². The van der Waals surface area contributed by atoms with Crippen LogP contribution in [0.5, 0.6) is 0 Å². The summed E-state index contributed by atoms with van der Waals surface area (Å²) in [5, 5.41) is 44.1. The van der Waals surface area contributed by atoms with Gasteiger partial charge in [-0.2, -0.15) is 0 Å². The number of aliphatic carboxylic acids is 1. The van der Waals surface area contributed by atoms with Crippen LogP contribution in [0.2, 0.25) is 0 Å². The molecule has 0 radical (unpaired) electrons. The molecule has 0 saturated carbocycles. The molecule has 82 valence electrons. The van der Waals surface area contributed by atoms with Gasteiger partial charge in [0.1, 0.15) is 18.3 Å². The van der Waals surface area contributed by atoms with Gasteiger partial charge >= 0.3 is 5.97 Å². The summed E-state index contributed by atoms with van der Waals surface area (Å²) >= 11 is 0. The van der Waals surface area contributed by atoms with Gasteiger partial charge in [-0.15, -0.1) is 0 Å². The molecule has 1 heterocycles. The van der Waals surface area contributed by atoms with Crippen molar-refractivity contribution in [1.29, 1.82) is 0 Å². The lowest BCUT2D eigenvalue weighted by molar-refractivity contribution is -0.400. The highest BCUT2D eigenvalue weighted by Crippen LogP contribution is 2.21. The van der Waals surface area contributed by atoms with Gasteiger partial charge in [0.05, 0.1) is 0 Å². The van der Waals surface area contributed by atoms with Crippen molar-refractivity contribution < 1.29 is 40.1 Å². The van der Waals surface area contributed by atoms with Crippen LogP contribution in [-0.4, -0.2) is 62.4 Å². The minimum absolute atomic E-state index is 1.54. The first-order valence-corrected chi connectivity index (χ1v) is 3.71. The van der Waals surface area contributed by atoms with E-state index in [9.17, 15) is 4.79 Å². The van der Waals surface area contributed by atoms with Gasteiger partial charge in [-0.05, 0) is 0 Å². The summed E-state index contributed by atoms with van der Waals surface area (Å²) in [5.41, 5.74) is 0. The van der Waals surface area contributed by atoms with Crippen LogP contribution >= 0.6 is 0 Å². The molecule has 1 aliphatic rings. The van der Waals surface area contributed by atoms with Crippen LogP contribution < -0.4 is 0 Å². The van der Waals surface area contributed by atoms with E-state index < -0.39 is 36.7 Å². The highest BCUT2D eigenvalue weighted by atomic mass is 17.1. The van der Waals surface area contributed by atoms with Gasteiger partial charge in [0.25, 0.3) is 0 Å². The maximum Gasteiger partial charge on any atom is 0.335 e. The molecule has 5 N–H and O–H groups in total. The zero-order valence-electron chi connectivity index (χ0n) is 6.85. The second kappa shape index (κ2) is 4.17. The summed E-state index contributed by atoms with van der Waals surface area (Å²) in [7, 11) is 0. The molecule has 0 amide bonds. The Bertz CT molecular complexity index is 216. The Labute approximate surface area is 77.8 Å². The van der Waals surface area contributed by atoms with Crippen molar-refractivity contribution in [2.24, 2.45) is 0 Å². The average molecular weight is 210 g/mol. The Morgan fingerprint density at radius 2 is 1.71 bits per heavy atom. The second-order valence-electron chi connectivity index (χ2n) is 2.84. The zero-order valence-corrected chi connectivity index (χ0v) is 6.85. The van der Waals surface area contributed by atoms with Gasteiger partial charge in [-0.3, -0.25) is 0 Å². The van der Waals surface area contributed by atoms with Gasteiger partial charge in [0, 0.05) is 0 Å². The maximum atomic E-state index is 10.5. The van der Waals surface area contributed by atoms with Gasteiger partial charge in [0.15, 0.2) is 6.10 Å². The fourth-order valence-corrected chi connectivity index (χ4v) is 1.14. The number of aliphatic hydroxyl groups is 3. The first-order valence-electron chi connectivity index (χ1n) is 3.71. The number of carbonyl (C=O) groups is 1. The molecule has 1 saturated heterocycles. The third kappa shape index (κ3) is 1.85. The summed E-state index contributed by atoms with van der Waals surface area (Å²) < 4.78 is 4.46. The van der Waals surface area contributed by atoms with Crippen LogP contribution in [0.1, 0.15) is 0 Å². The third-order valence-electron chi connectivity index (χ3n) is 1.92. The molecule has 0 spiro atoms. The lowest BCUT2D eigenvalue weighted by atomic mass is 9.99. The van der Waals surface area contributed by atoms with Crippen molar-refractivity contribution in [2.45, 2.75) is 30.7 Å². The monoisotopic (exact) mass is 210 g/mol. The summed E-state index contributed by atoms with van der Waals surface area (Å²) in [6, 6.07) is 0. The molecule has 1 fully saturated rings. The smallest absolute Gasteiger partial charge is 0.335 e. The molecule has 0 bridgehead atoms. The van der Waals surface area contributed by atoms with Crippen LogP contribution in [-0.2, 0) is 14.4 Å². The minimum Gasteiger partial charge on any atom is -0.479 e. The molecule has 1 unspecified atom stereocenters. The van der Waals surface area contributed by atoms with Crippen molar-refractivity contribution in [2.75, 3.05) is 0 Å². The number of rotatable bonds is 2. The lowest BCUT2D eigenvalue weighted by Crippen LogP contribution is -2.60. The Morgan fingerprint density at radius 1 is 1.14 bits per heavy atom. The van der Waals surface area contributed by atoms with Crippen LogP contribution in [0.25, 0.3) is 0 Å². The molecule has 8 heteroatoms. The molecular formula is C6H10O8. The summed E-state index contributed by atoms with van der Waals surface area (Å²) in [6.07, 6.45) is -8.72. The number of hydrogen-bond acceptors (Lipinski definition) is 7. The van der Waals surface area contributed by atoms with Crippen LogP contribution in [0.15, 0.2) is 0 Å². The average Bonchev–Trinajstić information content (AvgIpc) is 2.14. The summed E-state index contributed by atoms with van der Waals surface area (Å²) in [5.74, 6) is -1.54. The Kier molecular flexibility index (Phi) is 3.37. The van der Waals surface area contributed by atoms with Crippen molar-refractivity contribution in [3.8, 4) is 0 Å². The van der Waals surface area contributed by atoms with E-state index >= 15 is 0 Å². The Hall–Kier alpha value is -0.770. The van der Waals surface area contributed by atoms with E-state index in [1.807, 2.05) is 0 Å². The van der Waals surface area contributed by atoms with E-state index in [-0.39, 0.29) is 0 Å². The zero-order chi connectivity index (χ0) is 10.9. The SMILES string of the molecule is O=C(O)[C@H]1OC(OO)[C@H](O)[C@@H](O)[C@@H]1O. The van der Waals surface area contributed by atoms with E-state index in [0.29, 0.717) is 0 Å². The van der Waals surface area contributed by atoms with Crippen LogP contribution in [0.4, 0.5) is 0 Å². The molecule has 0 aromatic carbocycles. The molecule has 0 aromatic rings. The predicted molar refractivity (Wildman–Crippen MR) is 38.0 cm³/mol. The number of ether oxygens (including phenoxy) is 1. The molecule has 8 nitrogen and oxygen atoms in total. The second-order valence-corrected chi connectivity index (χ2v) is 2.84. The molecule has 0 aliphatic carbocycles. The summed E-state index contributed by atoms with van der Waals surface area (Å²) in [4.78, 5) is 14.1. The van der Waals surface area contributed by atoms with Crippen LogP contribution in [0, 0.1) is 0 Å². The van der Waals surface area contributed by atoms with Gasteiger partial charge in [0.2, 0.25) is 6.29 Å². The van der Waals surface area contributed by atoms with E-state index in [1.165, 1.54) is 0 Å². The van der Waals surface area contributed by atoms with Gasteiger partial charge < -0.3 is 25.2 Å². The number of carboxylic acid groups (broad SMARTS) is 1. The largest absolute Gasteiger partial charge is 0.479 e. The molecule has 5 atom stereocenters. The lowest BCUT2D eigenvalue weighted by Gasteiger charge is -2.36. The molecule has 14 heavy (non-hydrogen) atoms. The molecule has 1 aliphatic heterocycles. The Balaban J connectivity index is 2.78. The topological polar surface area (TPSA) is 137 Å². The molecule has 0 aromatic heterocycles. The number of carboxylic acids is 1. The standard InChI is InChI=1S/C6H10O8/c7-1-2(8)4(5(10)11)13-6(14-12)3(1)9/h1-4,6-9,12H,(H,10,11)/t1-,2-,3+,4-,6?/m0/s1.